The summed E-state index contributed by atoms with van der Waals surface area (Å²) in [5, 5.41) is 0. The van der Waals surface area contributed by atoms with Gasteiger partial charge in [-0.05, 0) is 62.2 Å². The molecule has 1 saturated heterocycles. The van der Waals surface area contributed by atoms with Crippen molar-refractivity contribution in [3.63, 3.8) is 0 Å². The molecule has 2 aliphatic rings. The predicted octanol–water partition coefficient (Wildman–Crippen LogP) is 2.75. The van der Waals surface area contributed by atoms with E-state index < -0.39 is 0 Å². The zero-order chi connectivity index (χ0) is 13.8. The van der Waals surface area contributed by atoms with Crippen LogP contribution in [-0.2, 0) is 0 Å². The zero-order valence-corrected chi connectivity index (χ0v) is 12.1. The second-order valence-electron chi connectivity index (χ2n) is 5.71. The Bertz CT molecular complexity index is 490. The van der Waals surface area contributed by atoms with E-state index in [2.05, 4.69) is 29.2 Å². The highest BCUT2D eigenvalue weighted by Gasteiger charge is 2.22. The molecule has 0 aromatic heterocycles. The van der Waals surface area contributed by atoms with Crippen molar-refractivity contribution in [1.29, 1.82) is 0 Å². The van der Waals surface area contributed by atoms with Crippen molar-refractivity contribution in [2.45, 2.75) is 25.7 Å². The molecule has 3 heteroatoms. The lowest BCUT2D eigenvalue weighted by molar-refractivity contribution is 0.255. The number of hydrogen-bond acceptors (Lipinski definition) is 3. The molecule has 3 rings (SSSR count). The smallest absolute Gasteiger partial charge is 0.127 e. The van der Waals surface area contributed by atoms with Crippen LogP contribution in [0.3, 0.4) is 0 Å². The average molecular weight is 272 g/mol. The molecule has 1 aliphatic heterocycles. The maximum atomic E-state index is 5.81. The summed E-state index contributed by atoms with van der Waals surface area (Å²) in [5.41, 5.74) is 9.62. The van der Waals surface area contributed by atoms with Gasteiger partial charge in [0.05, 0.1) is 6.61 Å². The number of likely N-dealkylation sites (tertiary alicyclic amines) is 1. The molecular formula is C17H24N2O. The largest absolute Gasteiger partial charge is 0.493 e. The van der Waals surface area contributed by atoms with Crippen molar-refractivity contribution in [1.82, 2.24) is 4.90 Å². The van der Waals surface area contributed by atoms with E-state index in [0.29, 0.717) is 13.2 Å². The van der Waals surface area contributed by atoms with Gasteiger partial charge in [0.1, 0.15) is 5.75 Å². The van der Waals surface area contributed by atoms with Gasteiger partial charge in [-0.3, -0.25) is 4.90 Å². The third kappa shape index (κ3) is 2.89. The number of nitrogens with two attached hydrogens (primary N) is 1. The van der Waals surface area contributed by atoms with Crippen LogP contribution in [0.15, 0.2) is 18.2 Å². The molecular weight excluding hydrogens is 248 g/mol. The monoisotopic (exact) mass is 272 g/mol. The van der Waals surface area contributed by atoms with Gasteiger partial charge in [-0.2, -0.15) is 0 Å². The Morgan fingerprint density at radius 2 is 2.00 bits per heavy atom. The van der Waals surface area contributed by atoms with Gasteiger partial charge >= 0.3 is 0 Å². The van der Waals surface area contributed by atoms with Crippen molar-refractivity contribution < 1.29 is 4.74 Å². The summed E-state index contributed by atoms with van der Waals surface area (Å²) in [6.07, 6.45) is 7.30. The van der Waals surface area contributed by atoms with Crippen LogP contribution in [0.1, 0.15) is 36.8 Å². The summed E-state index contributed by atoms with van der Waals surface area (Å²) in [7, 11) is 0. The van der Waals surface area contributed by atoms with Gasteiger partial charge in [0.25, 0.3) is 0 Å². The number of ether oxygens (including phenoxy) is 1. The molecule has 1 fully saturated rings. The SMILES string of the molecule is NCCCOc1cccc2c1C=C2CN1CCCCC1. The molecule has 20 heavy (non-hydrogen) atoms. The predicted molar refractivity (Wildman–Crippen MR) is 83.8 cm³/mol. The zero-order valence-electron chi connectivity index (χ0n) is 12.1. The first-order valence-corrected chi connectivity index (χ1v) is 7.77. The highest BCUT2D eigenvalue weighted by Crippen LogP contribution is 2.39. The van der Waals surface area contributed by atoms with Crippen molar-refractivity contribution >= 4 is 11.6 Å². The van der Waals surface area contributed by atoms with Crippen LogP contribution < -0.4 is 10.5 Å². The van der Waals surface area contributed by atoms with E-state index in [4.69, 9.17) is 10.5 Å². The average Bonchev–Trinajstić information content (AvgIpc) is 2.47. The highest BCUT2D eigenvalue weighted by molar-refractivity contribution is 5.98. The van der Waals surface area contributed by atoms with Crippen LogP contribution >= 0.6 is 0 Å². The molecule has 0 radical (unpaired) electrons. The van der Waals surface area contributed by atoms with E-state index in [1.54, 1.807) is 0 Å². The molecule has 1 aliphatic carbocycles. The maximum Gasteiger partial charge on any atom is 0.127 e. The van der Waals surface area contributed by atoms with Crippen LogP contribution in [0.5, 0.6) is 5.75 Å². The van der Waals surface area contributed by atoms with Crippen LogP contribution in [-0.4, -0.2) is 37.7 Å². The molecule has 0 unspecified atom stereocenters. The summed E-state index contributed by atoms with van der Waals surface area (Å²) in [6.45, 7) is 4.99. The molecule has 0 saturated carbocycles. The van der Waals surface area contributed by atoms with Crippen LogP contribution in [0, 0.1) is 0 Å². The molecule has 2 N–H and O–H groups in total. The summed E-state index contributed by atoms with van der Waals surface area (Å²) in [5.74, 6) is 1.01. The minimum absolute atomic E-state index is 0.686. The fraction of sp³-hybridized carbons (Fsp3) is 0.529. The van der Waals surface area contributed by atoms with E-state index >= 15 is 0 Å². The Morgan fingerprint density at radius 3 is 2.80 bits per heavy atom. The Kier molecular flexibility index (Phi) is 4.38. The highest BCUT2D eigenvalue weighted by atomic mass is 16.5. The minimum Gasteiger partial charge on any atom is -0.493 e. The lowest BCUT2D eigenvalue weighted by atomic mass is 9.87. The number of nitrogens with zero attached hydrogens (tertiary/aromatic N) is 1. The first-order chi connectivity index (χ1) is 9.88. The van der Waals surface area contributed by atoms with Gasteiger partial charge in [0, 0.05) is 12.1 Å². The standard InChI is InChI=1S/C17H24N2O/c18-8-5-11-20-17-7-4-6-15-14(12-16(15)17)13-19-9-2-1-3-10-19/h4,6-7,12H,1-3,5,8-11,13,18H2. The molecule has 3 nitrogen and oxygen atoms in total. The molecule has 1 heterocycles. The molecule has 0 amide bonds. The van der Waals surface area contributed by atoms with Crippen LogP contribution in [0.25, 0.3) is 11.6 Å². The molecule has 1 aromatic rings. The number of piperidine rings is 1. The van der Waals surface area contributed by atoms with E-state index in [9.17, 15) is 0 Å². The fourth-order valence-electron chi connectivity index (χ4n) is 3.03. The minimum atomic E-state index is 0.686. The number of fused-ring (bicyclic) bond motifs is 1. The van der Waals surface area contributed by atoms with Gasteiger partial charge in [-0.1, -0.05) is 18.6 Å². The van der Waals surface area contributed by atoms with Crippen molar-refractivity contribution in [2.75, 3.05) is 32.8 Å². The van der Waals surface area contributed by atoms with Crippen LogP contribution in [0.2, 0.25) is 0 Å². The van der Waals surface area contributed by atoms with E-state index in [1.165, 1.54) is 49.1 Å². The van der Waals surface area contributed by atoms with Crippen molar-refractivity contribution in [3.8, 4) is 5.75 Å². The third-order valence-electron chi connectivity index (χ3n) is 4.18. The summed E-state index contributed by atoms with van der Waals surface area (Å²) in [6, 6.07) is 6.37. The van der Waals surface area contributed by atoms with Gasteiger partial charge in [-0.15, -0.1) is 0 Å². The topological polar surface area (TPSA) is 38.5 Å². The Morgan fingerprint density at radius 1 is 1.15 bits per heavy atom. The van der Waals surface area contributed by atoms with Crippen molar-refractivity contribution in [2.24, 2.45) is 5.73 Å². The maximum absolute atomic E-state index is 5.81. The van der Waals surface area contributed by atoms with Gasteiger partial charge < -0.3 is 10.5 Å². The Hall–Kier alpha value is -1.32. The van der Waals surface area contributed by atoms with Gasteiger partial charge in [0.2, 0.25) is 0 Å². The second-order valence-corrected chi connectivity index (χ2v) is 5.71. The first-order valence-electron chi connectivity index (χ1n) is 7.77. The number of hydrogen-bond donors (Lipinski definition) is 1. The third-order valence-corrected chi connectivity index (χ3v) is 4.18. The normalized spacial score (nSPS) is 18.1. The molecule has 1 aromatic carbocycles. The Balaban J connectivity index is 1.61. The van der Waals surface area contributed by atoms with Gasteiger partial charge in [0.15, 0.2) is 0 Å². The summed E-state index contributed by atoms with van der Waals surface area (Å²) in [4.78, 5) is 2.57. The summed E-state index contributed by atoms with van der Waals surface area (Å²) >= 11 is 0. The number of rotatable bonds is 6. The first kappa shape index (κ1) is 13.7. The molecule has 0 bridgehead atoms. The summed E-state index contributed by atoms with van der Waals surface area (Å²) < 4.78 is 5.81. The molecule has 108 valence electrons. The Labute approximate surface area is 121 Å². The second kappa shape index (κ2) is 6.42. The van der Waals surface area contributed by atoms with Crippen molar-refractivity contribution in [3.05, 3.63) is 29.3 Å². The molecule has 0 spiro atoms. The van der Waals surface area contributed by atoms with Gasteiger partial charge in [-0.25, -0.2) is 0 Å². The lowest BCUT2D eigenvalue weighted by Gasteiger charge is -2.31. The van der Waals surface area contributed by atoms with E-state index in [0.717, 1.165) is 18.7 Å². The molecule has 0 atom stereocenters. The quantitative estimate of drug-likeness (QED) is 0.809. The number of benzene rings is 1. The van der Waals surface area contributed by atoms with E-state index in [1.807, 2.05) is 0 Å². The lowest BCUT2D eigenvalue weighted by Crippen LogP contribution is -2.32. The van der Waals surface area contributed by atoms with Crippen LogP contribution in [0.4, 0.5) is 0 Å². The fourth-order valence-corrected chi connectivity index (χ4v) is 3.03. The van der Waals surface area contributed by atoms with E-state index in [-0.39, 0.29) is 0 Å².